The van der Waals surface area contributed by atoms with E-state index in [1.165, 1.54) is 10.6 Å². The molecule has 1 N–H and O–H groups in total. The number of imidazole rings is 1. The Morgan fingerprint density at radius 3 is 2.65 bits per heavy atom. The van der Waals surface area contributed by atoms with Crippen LogP contribution in [-0.4, -0.2) is 52.7 Å². The molecule has 2 aliphatic heterocycles. The molecule has 4 heterocycles. The summed E-state index contributed by atoms with van der Waals surface area (Å²) in [4.78, 5) is 16.8. The molecule has 2 atom stereocenters. The smallest absolute Gasteiger partial charge is 0.220 e. The number of carbonyl (C=O) groups excluding carboxylic acids is 1. The van der Waals surface area contributed by atoms with E-state index in [2.05, 4.69) is 15.0 Å². The molecule has 2 aromatic heterocycles. The zero-order valence-corrected chi connectivity index (χ0v) is 18.6. The van der Waals surface area contributed by atoms with Crippen LogP contribution >= 0.6 is 0 Å². The monoisotopic (exact) mass is 443 g/mol. The van der Waals surface area contributed by atoms with Gasteiger partial charge in [-0.3, -0.25) is 4.79 Å². The van der Waals surface area contributed by atoms with Gasteiger partial charge in [0, 0.05) is 25.1 Å². The molecule has 2 fully saturated rings. The van der Waals surface area contributed by atoms with E-state index in [1.807, 2.05) is 32.0 Å². The van der Waals surface area contributed by atoms with E-state index in [0.717, 1.165) is 39.4 Å². The topological polar surface area (TPSA) is 110 Å². The number of sulfonamides is 1. The van der Waals surface area contributed by atoms with E-state index in [-0.39, 0.29) is 18.0 Å². The first-order valence-electron chi connectivity index (χ1n) is 10.4. The van der Waals surface area contributed by atoms with Gasteiger partial charge in [-0.1, -0.05) is 11.2 Å². The van der Waals surface area contributed by atoms with E-state index < -0.39 is 10.0 Å². The molecule has 0 spiro atoms. The molecule has 10 heteroatoms. The van der Waals surface area contributed by atoms with Crippen molar-refractivity contribution in [1.29, 1.82) is 0 Å². The molecule has 9 nitrogen and oxygen atoms in total. The van der Waals surface area contributed by atoms with Crippen LogP contribution in [0.25, 0.3) is 22.2 Å². The van der Waals surface area contributed by atoms with Crippen molar-refractivity contribution in [2.45, 2.75) is 45.2 Å². The van der Waals surface area contributed by atoms with Crippen molar-refractivity contribution in [3.63, 3.8) is 0 Å². The van der Waals surface area contributed by atoms with Crippen LogP contribution in [0, 0.1) is 13.8 Å². The Balaban J connectivity index is 1.63. The normalized spacial score (nSPS) is 22.5. The molecule has 31 heavy (non-hydrogen) atoms. The second-order valence-corrected chi connectivity index (χ2v) is 10.4. The van der Waals surface area contributed by atoms with E-state index in [0.29, 0.717) is 32.4 Å². The number of aryl methyl sites for hydroxylation is 2. The van der Waals surface area contributed by atoms with Gasteiger partial charge < -0.3 is 14.4 Å². The van der Waals surface area contributed by atoms with Gasteiger partial charge in [0.2, 0.25) is 15.9 Å². The standard InChI is InChI=1S/C21H25N5O4S/c1-12-20(13(2)30-24-12)14-4-6-18-17(10-14)23-21(16-5-7-19(27)22-16)26(18)15-8-9-25(11-15)31(3,28)29/h4,6,10,15-16H,5,7-9,11H2,1-3H3,(H,22,27)/t15-,16?/m1/s1. The summed E-state index contributed by atoms with van der Waals surface area (Å²) in [5, 5.41) is 7.07. The first-order chi connectivity index (χ1) is 14.7. The van der Waals surface area contributed by atoms with E-state index in [4.69, 9.17) is 9.51 Å². The highest BCUT2D eigenvalue weighted by Gasteiger charge is 2.35. The number of aromatic nitrogens is 3. The highest BCUT2D eigenvalue weighted by molar-refractivity contribution is 7.88. The SMILES string of the molecule is Cc1noc(C)c1-c1ccc2c(c1)nc(C1CCC(=O)N1)n2[C@@H]1CCN(S(C)(=O)=O)C1. The van der Waals surface area contributed by atoms with E-state index in [9.17, 15) is 13.2 Å². The number of hydrogen-bond acceptors (Lipinski definition) is 6. The Morgan fingerprint density at radius 1 is 1.23 bits per heavy atom. The lowest BCUT2D eigenvalue weighted by atomic mass is 10.0. The number of carbonyl (C=O) groups is 1. The zero-order valence-electron chi connectivity index (χ0n) is 17.8. The first kappa shape index (κ1) is 20.2. The van der Waals surface area contributed by atoms with Crippen molar-refractivity contribution in [2.24, 2.45) is 0 Å². The minimum Gasteiger partial charge on any atom is -0.361 e. The molecule has 1 amide bonds. The van der Waals surface area contributed by atoms with Crippen LogP contribution in [0.1, 0.15) is 48.6 Å². The van der Waals surface area contributed by atoms with Gasteiger partial charge in [-0.25, -0.2) is 17.7 Å². The summed E-state index contributed by atoms with van der Waals surface area (Å²) in [5.74, 6) is 1.56. The molecule has 2 aliphatic rings. The van der Waals surface area contributed by atoms with E-state index in [1.54, 1.807) is 0 Å². The van der Waals surface area contributed by atoms with Crippen molar-refractivity contribution in [1.82, 2.24) is 24.3 Å². The summed E-state index contributed by atoms with van der Waals surface area (Å²) < 4.78 is 33.1. The van der Waals surface area contributed by atoms with Crippen LogP contribution in [-0.2, 0) is 14.8 Å². The summed E-state index contributed by atoms with van der Waals surface area (Å²) >= 11 is 0. The van der Waals surface area contributed by atoms with Crippen molar-refractivity contribution in [2.75, 3.05) is 19.3 Å². The number of rotatable bonds is 4. The number of nitrogens with zero attached hydrogens (tertiary/aromatic N) is 4. The van der Waals surface area contributed by atoms with Gasteiger partial charge in [0.1, 0.15) is 11.6 Å². The highest BCUT2D eigenvalue weighted by Crippen LogP contribution is 2.36. The first-order valence-corrected chi connectivity index (χ1v) is 12.3. The molecular weight excluding hydrogens is 418 g/mol. The molecule has 1 aromatic carbocycles. The summed E-state index contributed by atoms with van der Waals surface area (Å²) in [6.45, 7) is 4.68. The minimum absolute atomic E-state index is 0.0178. The second-order valence-electron chi connectivity index (χ2n) is 8.46. The minimum atomic E-state index is -3.25. The molecule has 0 saturated carbocycles. The summed E-state index contributed by atoms with van der Waals surface area (Å²) in [6.07, 6.45) is 3.10. The molecule has 0 aliphatic carbocycles. The lowest BCUT2D eigenvalue weighted by molar-refractivity contribution is -0.119. The van der Waals surface area contributed by atoms with Crippen LogP contribution in [0.15, 0.2) is 22.7 Å². The Morgan fingerprint density at radius 2 is 2.03 bits per heavy atom. The molecule has 0 radical (unpaired) electrons. The van der Waals surface area contributed by atoms with Gasteiger partial charge >= 0.3 is 0 Å². The second kappa shape index (κ2) is 7.16. The number of amides is 1. The number of nitrogens with one attached hydrogen (secondary N) is 1. The average Bonchev–Trinajstić information content (AvgIpc) is 3.46. The predicted octanol–water partition coefficient (Wildman–Crippen LogP) is 2.47. The average molecular weight is 444 g/mol. The summed E-state index contributed by atoms with van der Waals surface area (Å²) in [5.41, 5.74) is 4.49. The van der Waals surface area contributed by atoms with Crippen LogP contribution in [0.4, 0.5) is 0 Å². The maximum atomic E-state index is 12.1. The van der Waals surface area contributed by atoms with Crippen molar-refractivity contribution >= 4 is 27.0 Å². The predicted molar refractivity (Wildman–Crippen MR) is 115 cm³/mol. The molecule has 2 saturated heterocycles. The van der Waals surface area contributed by atoms with E-state index >= 15 is 0 Å². The third-order valence-electron chi connectivity index (χ3n) is 6.31. The fourth-order valence-electron chi connectivity index (χ4n) is 4.83. The molecule has 0 bridgehead atoms. The van der Waals surface area contributed by atoms with Crippen molar-refractivity contribution in [3.8, 4) is 11.1 Å². The molecular formula is C21H25N5O4S. The number of fused-ring (bicyclic) bond motifs is 1. The molecule has 5 rings (SSSR count). The van der Waals surface area contributed by atoms with Gasteiger partial charge in [-0.15, -0.1) is 0 Å². The van der Waals surface area contributed by atoms with Gasteiger partial charge in [-0.2, -0.15) is 0 Å². The maximum absolute atomic E-state index is 12.1. The third-order valence-corrected chi connectivity index (χ3v) is 7.58. The Bertz CT molecular complexity index is 1270. The Labute approximate surface area is 180 Å². The van der Waals surface area contributed by atoms with Crippen LogP contribution < -0.4 is 5.32 Å². The zero-order chi connectivity index (χ0) is 21.9. The number of hydrogen-bond donors (Lipinski definition) is 1. The van der Waals surface area contributed by atoms with Crippen molar-refractivity contribution in [3.05, 3.63) is 35.5 Å². The summed E-state index contributed by atoms with van der Waals surface area (Å²) in [7, 11) is -3.25. The quantitative estimate of drug-likeness (QED) is 0.663. The van der Waals surface area contributed by atoms with Crippen LogP contribution in [0.3, 0.4) is 0 Å². The van der Waals surface area contributed by atoms with Gasteiger partial charge in [-0.05, 0) is 44.4 Å². The number of benzene rings is 1. The van der Waals surface area contributed by atoms with Crippen LogP contribution in [0.5, 0.6) is 0 Å². The lowest BCUT2D eigenvalue weighted by Crippen LogP contribution is -2.29. The van der Waals surface area contributed by atoms with Gasteiger partial charge in [0.05, 0.1) is 35.1 Å². The van der Waals surface area contributed by atoms with Crippen LogP contribution in [0.2, 0.25) is 0 Å². The maximum Gasteiger partial charge on any atom is 0.220 e. The highest BCUT2D eigenvalue weighted by atomic mass is 32.2. The Hall–Kier alpha value is -2.72. The van der Waals surface area contributed by atoms with Gasteiger partial charge in [0.15, 0.2) is 0 Å². The largest absolute Gasteiger partial charge is 0.361 e. The molecule has 3 aromatic rings. The summed E-state index contributed by atoms with van der Waals surface area (Å²) in [6, 6.07) is 5.86. The van der Waals surface area contributed by atoms with Crippen molar-refractivity contribution < 1.29 is 17.7 Å². The third kappa shape index (κ3) is 3.43. The Kier molecular flexibility index (Phi) is 4.67. The van der Waals surface area contributed by atoms with Gasteiger partial charge in [0.25, 0.3) is 0 Å². The molecule has 1 unspecified atom stereocenters. The fourth-order valence-corrected chi connectivity index (χ4v) is 5.71. The fraction of sp³-hybridized carbons (Fsp3) is 0.476. The molecule has 164 valence electrons. The lowest BCUT2D eigenvalue weighted by Gasteiger charge is -2.20.